The van der Waals surface area contributed by atoms with Gasteiger partial charge in [0.25, 0.3) is 0 Å². The Morgan fingerprint density at radius 2 is 1.02 bits per heavy atom. The van der Waals surface area contributed by atoms with E-state index in [1.54, 1.807) is 0 Å². The number of rotatable bonds is 7. The Morgan fingerprint density at radius 1 is 0.466 bits per heavy atom. The summed E-state index contributed by atoms with van der Waals surface area (Å²) in [6.07, 6.45) is 1.01. The van der Waals surface area contributed by atoms with E-state index in [1.807, 2.05) is 0 Å². The van der Waals surface area contributed by atoms with Crippen LogP contribution >= 0.6 is 0 Å². The summed E-state index contributed by atoms with van der Waals surface area (Å²) in [5.74, 6) is 0. The third kappa shape index (κ3) is 4.85. The smallest absolute Gasteiger partial charge is 0.159 e. The number of para-hydroxylation sites is 3. The standard InChI is InChI=1S/C56H43NO/c1-4-55(2,3)47-32-18-30-44-45-31-19-33-49(54(45)58-53(44)47)57(40-25-12-7-13-26-40)50-36-48-52(43-29-17-16-28-42(43)50)51-41-27-15-14-20-37(41)34-35-46(51)56(48,38-21-8-5-9-22-38)39-23-10-6-11-24-39/h5-36H,4H2,1-3H3. The molecule has 1 aliphatic carbocycles. The van der Waals surface area contributed by atoms with Crippen LogP contribution in [0.5, 0.6) is 0 Å². The lowest BCUT2D eigenvalue weighted by molar-refractivity contribution is 0.500. The van der Waals surface area contributed by atoms with Crippen LogP contribution in [0.15, 0.2) is 199 Å². The van der Waals surface area contributed by atoms with Crippen molar-refractivity contribution in [2.24, 2.45) is 0 Å². The molecule has 0 aliphatic heterocycles. The fraction of sp³-hybridized carbons (Fsp3) is 0.107. The predicted octanol–water partition coefficient (Wildman–Crippen LogP) is 15.4. The molecule has 0 bridgehead atoms. The molecule has 0 atom stereocenters. The van der Waals surface area contributed by atoms with Crippen LogP contribution in [0, 0.1) is 0 Å². The van der Waals surface area contributed by atoms with Gasteiger partial charge < -0.3 is 9.32 Å². The Labute approximate surface area is 339 Å². The molecule has 58 heavy (non-hydrogen) atoms. The molecule has 10 aromatic rings. The van der Waals surface area contributed by atoms with Gasteiger partial charge in [-0.15, -0.1) is 0 Å². The van der Waals surface area contributed by atoms with Crippen molar-refractivity contribution < 1.29 is 4.42 Å². The van der Waals surface area contributed by atoms with Crippen molar-refractivity contribution in [3.8, 4) is 11.1 Å². The first-order valence-corrected chi connectivity index (χ1v) is 20.5. The molecule has 0 saturated heterocycles. The van der Waals surface area contributed by atoms with Crippen molar-refractivity contribution in [1.29, 1.82) is 0 Å². The molecular formula is C56H43NO. The first-order valence-electron chi connectivity index (χ1n) is 20.5. The zero-order valence-corrected chi connectivity index (χ0v) is 33.0. The number of nitrogens with zero attached hydrogens (tertiary/aromatic N) is 1. The zero-order chi connectivity index (χ0) is 39.0. The fourth-order valence-electron chi connectivity index (χ4n) is 9.96. The third-order valence-corrected chi connectivity index (χ3v) is 13.0. The molecule has 2 heteroatoms. The highest BCUT2D eigenvalue weighted by Gasteiger charge is 2.48. The minimum Gasteiger partial charge on any atom is -0.454 e. The van der Waals surface area contributed by atoms with Crippen LogP contribution in [0.1, 0.15) is 55.0 Å². The number of hydrogen-bond acceptors (Lipinski definition) is 2. The summed E-state index contributed by atoms with van der Waals surface area (Å²) in [4.78, 5) is 2.44. The third-order valence-electron chi connectivity index (χ3n) is 13.0. The molecule has 278 valence electrons. The summed E-state index contributed by atoms with van der Waals surface area (Å²) < 4.78 is 7.17. The molecule has 1 aliphatic rings. The van der Waals surface area contributed by atoms with Gasteiger partial charge in [0.1, 0.15) is 5.58 Å². The highest BCUT2D eigenvalue weighted by molar-refractivity contribution is 6.17. The number of furan rings is 1. The van der Waals surface area contributed by atoms with Gasteiger partial charge in [-0.05, 0) is 85.6 Å². The maximum absolute atomic E-state index is 7.17. The van der Waals surface area contributed by atoms with Crippen LogP contribution in [-0.2, 0) is 10.8 Å². The van der Waals surface area contributed by atoms with Gasteiger partial charge in [0, 0.05) is 27.4 Å². The van der Waals surface area contributed by atoms with E-state index < -0.39 is 5.41 Å². The number of benzene rings is 9. The first kappa shape index (κ1) is 34.4. The summed E-state index contributed by atoms with van der Waals surface area (Å²) in [6.45, 7) is 6.89. The largest absolute Gasteiger partial charge is 0.454 e. The number of anilines is 3. The summed E-state index contributed by atoms with van der Waals surface area (Å²) >= 11 is 0. The molecule has 0 amide bonds. The van der Waals surface area contributed by atoms with Crippen LogP contribution in [0.4, 0.5) is 17.1 Å². The van der Waals surface area contributed by atoms with Crippen molar-refractivity contribution in [1.82, 2.24) is 0 Å². The lowest BCUT2D eigenvalue weighted by atomic mass is 9.67. The zero-order valence-electron chi connectivity index (χ0n) is 33.0. The second-order valence-electron chi connectivity index (χ2n) is 16.4. The minimum atomic E-state index is -0.593. The van der Waals surface area contributed by atoms with Gasteiger partial charge in [-0.25, -0.2) is 0 Å². The highest BCUT2D eigenvalue weighted by Crippen LogP contribution is 2.61. The van der Waals surface area contributed by atoms with Crippen LogP contribution in [-0.4, -0.2) is 0 Å². The van der Waals surface area contributed by atoms with Crippen LogP contribution < -0.4 is 4.90 Å². The second kappa shape index (κ2) is 13.1. The van der Waals surface area contributed by atoms with Gasteiger partial charge in [0.15, 0.2) is 5.58 Å². The predicted molar refractivity (Wildman–Crippen MR) is 244 cm³/mol. The lowest BCUT2D eigenvalue weighted by Gasteiger charge is -2.35. The van der Waals surface area contributed by atoms with E-state index in [1.165, 1.54) is 60.5 Å². The highest BCUT2D eigenvalue weighted by atomic mass is 16.3. The topological polar surface area (TPSA) is 16.4 Å². The van der Waals surface area contributed by atoms with Crippen molar-refractivity contribution >= 4 is 60.5 Å². The molecule has 0 N–H and O–H groups in total. The van der Waals surface area contributed by atoms with Crippen LogP contribution in [0.25, 0.3) is 54.6 Å². The maximum atomic E-state index is 7.17. The van der Waals surface area contributed by atoms with Gasteiger partial charge in [0.05, 0.1) is 16.8 Å². The summed E-state index contributed by atoms with van der Waals surface area (Å²) in [5.41, 5.74) is 13.3. The second-order valence-corrected chi connectivity index (χ2v) is 16.4. The lowest BCUT2D eigenvalue weighted by Crippen LogP contribution is -2.28. The molecule has 0 spiro atoms. The molecule has 0 saturated carbocycles. The van der Waals surface area contributed by atoms with Gasteiger partial charge in [-0.2, -0.15) is 0 Å². The Balaban J connectivity index is 1.30. The Bertz CT molecular complexity index is 3140. The molecule has 1 aromatic heterocycles. The van der Waals surface area contributed by atoms with Gasteiger partial charge >= 0.3 is 0 Å². The van der Waals surface area contributed by atoms with Crippen molar-refractivity contribution in [2.75, 3.05) is 4.90 Å². The van der Waals surface area contributed by atoms with Gasteiger partial charge in [-0.3, -0.25) is 0 Å². The summed E-state index contributed by atoms with van der Waals surface area (Å²) in [6, 6.07) is 71.5. The van der Waals surface area contributed by atoms with Crippen LogP contribution in [0.3, 0.4) is 0 Å². The molecule has 2 nitrogen and oxygen atoms in total. The molecule has 11 rings (SSSR count). The molecule has 0 radical (unpaired) electrons. The number of fused-ring (bicyclic) bond motifs is 10. The molecular weight excluding hydrogens is 703 g/mol. The van der Waals surface area contributed by atoms with Crippen LogP contribution in [0.2, 0.25) is 0 Å². The molecule has 0 fully saturated rings. The van der Waals surface area contributed by atoms with E-state index >= 15 is 0 Å². The van der Waals surface area contributed by atoms with E-state index in [-0.39, 0.29) is 5.41 Å². The quantitative estimate of drug-likeness (QED) is 0.162. The number of hydrogen-bond donors (Lipinski definition) is 0. The van der Waals surface area contributed by atoms with Crippen molar-refractivity contribution in [3.63, 3.8) is 0 Å². The first-order chi connectivity index (χ1) is 28.5. The SMILES string of the molecule is CCC(C)(C)c1cccc2c1oc1c(N(c3ccccc3)c3cc4c(c5ccccc35)-c3c(ccc5ccccc35)C4(c3ccccc3)c3ccccc3)cccc12. The van der Waals surface area contributed by atoms with Gasteiger partial charge in [-0.1, -0.05) is 191 Å². The Morgan fingerprint density at radius 3 is 1.71 bits per heavy atom. The van der Waals surface area contributed by atoms with E-state index in [0.29, 0.717) is 0 Å². The van der Waals surface area contributed by atoms with E-state index in [4.69, 9.17) is 4.42 Å². The summed E-state index contributed by atoms with van der Waals surface area (Å²) in [5, 5.41) is 7.19. The van der Waals surface area contributed by atoms with Gasteiger partial charge in [0.2, 0.25) is 0 Å². The Hall–Kier alpha value is -6.90. The average Bonchev–Trinajstić information content (AvgIpc) is 3.82. The maximum Gasteiger partial charge on any atom is 0.159 e. The van der Waals surface area contributed by atoms with Crippen molar-refractivity contribution in [3.05, 3.63) is 222 Å². The monoisotopic (exact) mass is 745 g/mol. The Kier molecular flexibility index (Phi) is 7.75. The fourth-order valence-corrected chi connectivity index (χ4v) is 9.96. The molecule has 0 unspecified atom stereocenters. The average molecular weight is 746 g/mol. The minimum absolute atomic E-state index is 0.0414. The van der Waals surface area contributed by atoms with Crippen molar-refractivity contribution in [2.45, 2.75) is 38.0 Å². The normalized spacial score (nSPS) is 13.3. The summed E-state index contributed by atoms with van der Waals surface area (Å²) in [7, 11) is 0. The molecule has 1 heterocycles. The molecule has 9 aromatic carbocycles. The van der Waals surface area contributed by atoms with E-state index in [2.05, 4.69) is 220 Å². The van der Waals surface area contributed by atoms with E-state index in [9.17, 15) is 0 Å². The van der Waals surface area contributed by atoms with E-state index in [0.717, 1.165) is 45.4 Å².